The molecule has 2 fully saturated rings. The molecule has 16 heavy (non-hydrogen) atoms. The van der Waals surface area contributed by atoms with Crippen molar-refractivity contribution in [2.75, 3.05) is 13.6 Å². The summed E-state index contributed by atoms with van der Waals surface area (Å²) < 4.78 is 0. The van der Waals surface area contributed by atoms with Crippen molar-refractivity contribution >= 4 is 0 Å². The van der Waals surface area contributed by atoms with E-state index in [0.717, 1.165) is 5.92 Å². The van der Waals surface area contributed by atoms with Crippen molar-refractivity contribution in [1.29, 1.82) is 0 Å². The SMILES string of the molecule is Cc1ccc(C23CC2C(C)(C)CN3C)cc1. The van der Waals surface area contributed by atoms with Crippen LogP contribution >= 0.6 is 0 Å². The van der Waals surface area contributed by atoms with Crippen molar-refractivity contribution in [3.05, 3.63) is 35.4 Å². The highest BCUT2D eigenvalue weighted by atomic mass is 15.3. The zero-order valence-corrected chi connectivity index (χ0v) is 10.7. The van der Waals surface area contributed by atoms with Crippen molar-refractivity contribution in [2.24, 2.45) is 11.3 Å². The predicted molar refractivity (Wildman–Crippen MR) is 67.4 cm³/mol. The quantitative estimate of drug-likeness (QED) is 0.695. The average Bonchev–Trinajstić information content (AvgIpc) is 2.91. The molecule has 0 radical (unpaired) electrons. The number of hydrogen-bond donors (Lipinski definition) is 0. The predicted octanol–water partition coefficient (Wildman–Crippen LogP) is 3.18. The van der Waals surface area contributed by atoms with Gasteiger partial charge in [-0.2, -0.15) is 0 Å². The van der Waals surface area contributed by atoms with E-state index in [9.17, 15) is 0 Å². The Balaban J connectivity index is 2.00. The van der Waals surface area contributed by atoms with Gasteiger partial charge in [-0.15, -0.1) is 0 Å². The van der Waals surface area contributed by atoms with Crippen LogP contribution in [0.15, 0.2) is 24.3 Å². The molecule has 0 spiro atoms. The normalized spacial score (nSPS) is 36.1. The number of rotatable bonds is 1. The molecule has 1 aliphatic carbocycles. The van der Waals surface area contributed by atoms with Gasteiger partial charge in [0.15, 0.2) is 0 Å². The number of piperidine rings is 1. The molecule has 0 bridgehead atoms. The second-order valence-electron chi connectivity index (χ2n) is 6.39. The van der Waals surface area contributed by atoms with E-state index < -0.39 is 0 Å². The van der Waals surface area contributed by atoms with Gasteiger partial charge in [-0.1, -0.05) is 43.7 Å². The van der Waals surface area contributed by atoms with Gasteiger partial charge in [0.2, 0.25) is 0 Å². The first-order valence-corrected chi connectivity index (χ1v) is 6.25. The average molecular weight is 215 g/mol. The summed E-state index contributed by atoms with van der Waals surface area (Å²) >= 11 is 0. The van der Waals surface area contributed by atoms with Crippen LogP contribution in [0.3, 0.4) is 0 Å². The third-order valence-electron chi connectivity index (χ3n) is 4.75. The van der Waals surface area contributed by atoms with E-state index in [2.05, 4.69) is 57.0 Å². The third-order valence-corrected chi connectivity index (χ3v) is 4.75. The number of nitrogens with zero attached hydrogens (tertiary/aromatic N) is 1. The first kappa shape index (κ1) is 10.3. The number of aryl methyl sites for hydroxylation is 1. The van der Waals surface area contributed by atoms with E-state index in [-0.39, 0.29) is 0 Å². The second-order valence-corrected chi connectivity index (χ2v) is 6.39. The molecule has 2 unspecified atom stereocenters. The molecule has 1 aliphatic heterocycles. The van der Waals surface area contributed by atoms with E-state index in [1.54, 1.807) is 0 Å². The van der Waals surface area contributed by atoms with Crippen molar-refractivity contribution in [3.8, 4) is 0 Å². The highest BCUT2D eigenvalue weighted by molar-refractivity contribution is 5.38. The highest BCUT2D eigenvalue weighted by Crippen LogP contribution is 2.68. The largest absolute Gasteiger partial charge is 0.296 e. The molecule has 2 atom stereocenters. The van der Waals surface area contributed by atoms with Crippen LogP contribution in [0, 0.1) is 18.3 Å². The molecule has 1 saturated heterocycles. The number of benzene rings is 1. The van der Waals surface area contributed by atoms with Crippen LogP contribution in [0.4, 0.5) is 0 Å². The Morgan fingerprint density at radius 2 is 1.81 bits per heavy atom. The Labute approximate surface area is 98.5 Å². The van der Waals surface area contributed by atoms with Crippen molar-refractivity contribution in [1.82, 2.24) is 4.90 Å². The minimum atomic E-state index is 0.372. The Morgan fingerprint density at radius 1 is 1.19 bits per heavy atom. The van der Waals surface area contributed by atoms with Crippen LogP contribution in [0.5, 0.6) is 0 Å². The molecule has 0 amide bonds. The Kier molecular flexibility index (Phi) is 1.87. The summed E-state index contributed by atoms with van der Waals surface area (Å²) in [6, 6.07) is 9.15. The summed E-state index contributed by atoms with van der Waals surface area (Å²) in [5.41, 5.74) is 3.74. The van der Waals surface area contributed by atoms with Gasteiger partial charge >= 0.3 is 0 Å². The monoisotopic (exact) mass is 215 g/mol. The fourth-order valence-electron chi connectivity index (χ4n) is 3.84. The molecule has 2 aliphatic rings. The molecule has 86 valence electrons. The Morgan fingerprint density at radius 3 is 2.25 bits per heavy atom. The Hall–Kier alpha value is -0.820. The minimum Gasteiger partial charge on any atom is -0.296 e. The highest BCUT2D eigenvalue weighted by Gasteiger charge is 2.68. The van der Waals surface area contributed by atoms with Crippen LogP contribution in [0.25, 0.3) is 0 Å². The Bertz CT molecular complexity index is 418. The third kappa shape index (κ3) is 1.15. The maximum Gasteiger partial charge on any atom is 0.0496 e. The summed E-state index contributed by atoms with van der Waals surface area (Å²) in [6.07, 6.45) is 1.35. The summed E-state index contributed by atoms with van der Waals surface area (Å²) in [7, 11) is 2.29. The van der Waals surface area contributed by atoms with Crippen LogP contribution in [-0.2, 0) is 5.54 Å². The van der Waals surface area contributed by atoms with Gasteiger partial charge in [0.25, 0.3) is 0 Å². The molecule has 0 aromatic heterocycles. The first-order valence-electron chi connectivity index (χ1n) is 6.25. The molecular weight excluding hydrogens is 194 g/mol. The number of likely N-dealkylation sites (tertiary alicyclic amines) is 1. The molecule has 0 N–H and O–H groups in total. The molecule has 1 nitrogen and oxygen atoms in total. The van der Waals surface area contributed by atoms with Gasteiger partial charge in [-0.25, -0.2) is 0 Å². The smallest absolute Gasteiger partial charge is 0.0496 e. The molecule has 1 heteroatoms. The summed E-state index contributed by atoms with van der Waals surface area (Å²) in [5, 5.41) is 0. The lowest BCUT2D eigenvalue weighted by atomic mass is 9.87. The van der Waals surface area contributed by atoms with E-state index >= 15 is 0 Å². The van der Waals surface area contributed by atoms with Crippen molar-refractivity contribution < 1.29 is 0 Å². The van der Waals surface area contributed by atoms with E-state index in [0.29, 0.717) is 11.0 Å². The van der Waals surface area contributed by atoms with Gasteiger partial charge in [0.1, 0.15) is 0 Å². The van der Waals surface area contributed by atoms with Crippen LogP contribution in [0.2, 0.25) is 0 Å². The van der Waals surface area contributed by atoms with E-state index in [1.807, 2.05) is 0 Å². The topological polar surface area (TPSA) is 3.24 Å². The van der Waals surface area contributed by atoms with E-state index in [4.69, 9.17) is 0 Å². The van der Waals surface area contributed by atoms with Crippen molar-refractivity contribution in [3.63, 3.8) is 0 Å². The molecule has 3 rings (SSSR count). The first-order chi connectivity index (χ1) is 7.47. The zero-order chi connectivity index (χ0) is 11.6. The zero-order valence-electron chi connectivity index (χ0n) is 10.7. The van der Waals surface area contributed by atoms with Crippen LogP contribution in [-0.4, -0.2) is 18.5 Å². The maximum atomic E-state index is 2.57. The lowest BCUT2D eigenvalue weighted by Gasteiger charge is -2.26. The number of fused-ring (bicyclic) bond motifs is 1. The van der Waals surface area contributed by atoms with Gasteiger partial charge in [0, 0.05) is 12.1 Å². The number of hydrogen-bond acceptors (Lipinski definition) is 1. The summed E-state index contributed by atoms with van der Waals surface area (Å²) in [4.78, 5) is 2.57. The maximum absolute atomic E-state index is 2.57. The van der Waals surface area contributed by atoms with Gasteiger partial charge in [0.05, 0.1) is 0 Å². The van der Waals surface area contributed by atoms with Gasteiger partial charge in [-0.3, -0.25) is 4.90 Å². The second kappa shape index (κ2) is 2.89. The van der Waals surface area contributed by atoms with Crippen LogP contribution in [0.1, 0.15) is 31.4 Å². The molecular formula is C15H21N. The van der Waals surface area contributed by atoms with E-state index in [1.165, 1.54) is 24.1 Å². The molecule has 1 aromatic rings. The fourth-order valence-corrected chi connectivity index (χ4v) is 3.84. The minimum absolute atomic E-state index is 0.372. The lowest BCUT2D eigenvalue weighted by molar-refractivity contribution is 0.228. The summed E-state index contributed by atoms with van der Waals surface area (Å²) in [6.45, 7) is 8.22. The fraction of sp³-hybridized carbons (Fsp3) is 0.600. The van der Waals surface area contributed by atoms with Gasteiger partial charge < -0.3 is 0 Å². The van der Waals surface area contributed by atoms with Crippen molar-refractivity contribution in [2.45, 2.75) is 32.7 Å². The molecule has 1 saturated carbocycles. The lowest BCUT2D eigenvalue weighted by Crippen LogP contribution is -2.30. The van der Waals surface area contributed by atoms with Crippen LogP contribution < -0.4 is 0 Å². The standard InChI is InChI=1S/C15H21N/c1-11-5-7-12(8-6-11)15-9-13(15)14(2,3)10-16(15)4/h5-8,13H,9-10H2,1-4H3. The molecule has 1 aromatic carbocycles. The summed E-state index contributed by atoms with van der Waals surface area (Å²) in [5.74, 6) is 0.854. The molecule has 1 heterocycles. The van der Waals surface area contributed by atoms with Gasteiger partial charge in [-0.05, 0) is 37.3 Å².